The number of nitrogens with one attached hydrogen (secondary N) is 1. The zero-order valence-electron chi connectivity index (χ0n) is 10.2. The van der Waals surface area contributed by atoms with Crippen molar-refractivity contribution in [3.8, 4) is 0 Å². The van der Waals surface area contributed by atoms with E-state index in [1.54, 1.807) is 0 Å². The smallest absolute Gasteiger partial charge is 0.0882 e. The molecule has 0 aromatic heterocycles. The molecule has 0 unspecified atom stereocenters. The summed E-state index contributed by atoms with van der Waals surface area (Å²) >= 11 is 4.08. The van der Waals surface area contributed by atoms with E-state index in [0.717, 1.165) is 4.90 Å². The molecule has 0 aliphatic rings. The maximum atomic E-state index is 8.74. The van der Waals surface area contributed by atoms with Gasteiger partial charge in [0, 0.05) is 11.4 Å². The summed E-state index contributed by atoms with van der Waals surface area (Å²) in [5.41, 5.74) is -1.07. The minimum absolute atomic E-state index is 0.0955. The highest BCUT2D eigenvalue weighted by Crippen LogP contribution is 2.01. The van der Waals surface area contributed by atoms with Gasteiger partial charge in [-0.3, -0.25) is 0 Å². The minimum atomic E-state index is -1.07. The van der Waals surface area contributed by atoms with Gasteiger partial charge in [0.1, 0.15) is 0 Å². The van der Waals surface area contributed by atoms with Gasteiger partial charge in [-0.05, 0) is 12.1 Å². The number of thiol groups is 1. The van der Waals surface area contributed by atoms with Crippen molar-refractivity contribution >= 4 is 12.6 Å². The lowest BCUT2D eigenvalue weighted by Crippen LogP contribution is -2.55. The van der Waals surface area contributed by atoms with E-state index in [0.29, 0.717) is 0 Å². The quantitative estimate of drug-likeness (QED) is 0.385. The predicted molar refractivity (Wildman–Crippen MR) is 72.8 cm³/mol. The molecule has 0 amide bonds. The summed E-state index contributed by atoms with van der Waals surface area (Å²) in [7, 11) is 0. The van der Waals surface area contributed by atoms with Gasteiger partial charge in [-0.25, -0.2) is 0 Å². The third-order valence-corrected chi connectivity index (χ3v) is 2.57. The first-order chi connectivity index (χ1) is 8.64. The van der Waals surface area contributed by atoms with E-state index in [1.807, 2.05) is 30.3 Å². The molecule has 1 aromatic carbocycles. The Balaban J connectivity index is 0.000000351. The number of aliphatic hydroxyl groups excluding tert-OH is 4. The minimum Gasteiger partial charge on any atom is -0.395 e. The van der Waals surface area contributed by atoms with E-state index in [1.165, 1.54) is 0 Å². The van der Waals surface area contributed by atoms with Crippen LogP contribution in [0.2, 0.25) is 0 Å². The lowest BCUT2D eigenvalue weighted by Gasteiger charge is -2.28. The Labute approximate surface area is 113 Å². The Hall–Kier alpha value is -0.630. The van der Waals surface area contributed by atoms with Crippen LogP contribution in [-0.2, 0) is 0 Å². The normalized spacial score (nSPS) is 10.7. The summed E-state index contributed by atoms with van der Waals surface area (Å²) in [6, 6.07) is 9.79. The molecular formula is C12H21NO4S. The molecule has 0 atom stereocenters. The number of aliphatic hydroxyl groups is 4. The van der Waals surface area contributed by atoms with Crippen LogP contribution in [0.3, 0.4) is 0 Å². The van der Waals surface area contributed by atoms with Crippen LogP contribution in [0, 0.1) is 0 Å². The van der Waals surface area contributed by atoms with Gasteiger partial charge in [0.05, 0.1) is 32.0 Å². The van der Waals surface area contributed by atoms with Crippen LogP contribution in [0.1, 0.15) is 0 Å². The van der Waals surface area contributed by atoms with E-state index >= 15 is 0 Å². The second-order valence-corrected chi connectivity index (χ2v) is 4.26. The molecule has 6 heteroatoms. The Morgan fingerprint density at radius 2 is 1.44 bits per heavy atom. The van der Waals surface area contributed by atoms with Crippen LogP contribution in [0.15, 0.2) is 35.2 Å². The highest BCUT2D eigenvalue weighted by atomic mass is 32.1. The Bertz CT molecular complexity index is 285. The second-order valence-electron chi connectivity index (χ2n) is 3.74. The number of β-amino-alcohol motifs (C(OH)–C–C–N with tert-alkyl or cyclic N) is 1. The summed E-state index contributed by atoms with van der Waals surface area (Å²) in [6.07, 6.45) is 0. The average Bonchev–Trinajstić information content (AvgIpc) is 2.43. The van der Waals surface area contributed by atoms with Gasteiger partial charge in [0.2, 0.25) is 0 Å². The highest BCUT2D eigenvalue weighted by Gasteiger charge is 2.26. The Kier molecular flexibility index (Phi) is 9.95. The maximum absolute atomic E-state index is 8.74. The maximum Gasteiger partial charge on any atom is 0.0882 e. The number of rotatable bonds is 6. The van der Waals surface area contributed by atoms with Crippen molar-refractivity contribution in [1.29, 1.82) is 0 Å². The summed E-state index contributed by atoms with van der Waals surface area (Å²) in [4.78, 5) is 1.02. The molecular weight excluding hydrogens is 254 g/mol. The van der Waals surface area contributed by atoms with Crippen LogP contribution >= 0.6 is 12.6 Å². The molecule has 0 radical (unpaired) electrons. The second kappa shape index (κ2) is 10.3. The molecule has 0 spiro atoms. The number of hydrogen-bond donors (Lipinski definition) is 6. The zero-order chi connectivity index (χ0) is 13.9. The van der Waals surface area contributed by atoms with Crippen molar-refractivity contribution in [2.75, 3.05) is 33.0 Å². The van der Waals surface area contributed by atoms with Gasteiger partial charge < -0.3 is 25.7 Å². The standard InChI is InChI=1S/C6H15NO4.C6H6S/c8-2-1-7-6(3-9,4-10)5-11;7-6-4-2-1-3-5-6/h7-11H,1-5H2;1-5,7H. The zero-order valence-corrected chi connectivity index (χ0v) is 11.1. The molecule has 0 aliphatic heterocycles. The molecule has 1 aromatic rings. The molecule has 0 aliphatic carbocycles. The van der Waals surface area contributed by atoms with Crippen molar-refractivity contribution in [2.24, 2.45) is 0 Å². The summed E-state index contributed by atoms with van der Waals surface area (Å²) in [5, 5.41) is 37.3. The average molecular weight is 275 g/mol. The van der Waals surface area contributed by atoms with E-state index < -0.39 is 5.54 Å². The summed E-state index contributed by atoms with van der Waals surface area (Å²) in [5.74, 6) is 0. The van der Waals surface area contributed by atoms with E-state index in [4.69, 9.17) is 20.4 Å². The first-order valence-corrected chi connectivity index (χ1v) is 6.01. The molecule has 0 saturated carbocycles. The van der Waals surface area contributed by atoms with Crippen molar-refractivity contribution in [3.63, 3.8) is 0 Å². The van der Waals surface area contributed by atoms with E-state index in [-0.39, 0.29) is 33.0 Å². The summed E-state index contributed by atoms with van der Waals surface area (Å²) < 4.78 is 0. The predicted octanol–water partition coefficient (Wildman–Crippen LogP) is -0.741. The lowest BCUT2D eigenvalue weighted by atomic mass is 10.0. The van der Waals surface area contributed by atoms with Crippen molar-refractivity contribution in [3.05, 3.63) is 30.3 Å². The molecule has 5 N–H and O–H groups in total. The molecule has 0 bridgehead atoms. The molecule has 0 heterocycles. The van der Waals surface area contributed by atoms with Crippen LogP contribution in [0.5, 0.6) is 0 Å². The van der Waals surface area contributed by atoms with Crippen LogP contribution in [-0.4, -0.2) is 58.9 Å². The molecule has 1 rings (SSSR count). The summed E-state index contributed by atoms with van der Waals surface area (Å²) in [6.45, 7) is -0.941. The lowest BCUT2D eigenvalue weighted by molar-refractivity contribution is 0.0398. The Morgan fingerprint density at radius 3 is 1.72 bits per heavy atom. The van der Waals surface area contributed by atoms with Gasteiger partial charge in [0.25, 0.3) is 0 Å². The first kappa shape index (κ1) is 17.4. The molecule has 104 valence electrons. The first-order valence-electron chi connectivity index (χ1n) is 5.56. The third-order valence-electron chi connectivity index (χ3n) is 2.28. The molecule has 0 saturated heterocycles. The van der Waals surface area contributed by atoms with Crippen molar-refractivity contribution < 1.29 is 20.4 Å². The van der Waals surface area contributed by atoms with Crippen molar-refractivity contribution in [2.45, 2.75) is 10.4 Å². The third kappa shape index (κ3) is 6.95. The van der Waals surface area contributed by atoms with Gasteiger partial charge in [-0.2, -0.15) is 0 Å². The fourth-order valence-electron chi connectivity index (χ4n) is 1.07. The van der Waals surface area contributed by atoms with Gasteiger partial charge in [-0.15, -0.1) is 12.6 Å². The van der Waals surface area contributed by atoms with Gasteiger partial charge in [0.15, 0.2) is 0 Å². The van der Waals surface area contributed by atoms with Gasteiger partial charge >= 0.3 is 0 Å². The van der Waals surface area contributed by atoms with E-state index in [9.17, 15) is 0 Å². The topological polar surface area (TPSA) is 93.0 Å². The molecule has 5 nitrogen and oxygen atoms in total. The van der Waals surface area contributed by atoms with E-state index in [2.05, 4.69) is 17.9 Å². The molecule has 18 heavy (non-hydrogen) atoms. The molecule has 0 fully saturated rings. The Morgan fingerprint density at radius 1 is 0.944 bits per heavy atom. The SMILES string of the molecule is OCCNC(CO)(CO)CO.Sc1ccccc1. The fourth-order valence-corrected chi connectivity index (χ4v) is 1.24. The van der Waals surface area contributed by atoms with Crippen LogP contribution in [0.25, 0.3) is 0 Å². The number of benzene rings is 1. The monoisotopic (exact) mass is 275 g/mol. The van der Waals surface area contributed by atoms with Gasteiger partial charge in [-0.1, -0.05) is 18.2 Å². The van der Waals surface area contributed by atoms with Crippen LogP contribution < -0.4 is 5.32 Å². The fraction of sp³-hybridized carbons (Fsp3) is 0.500. The number of hydrogen-bond acceptors (Lipinski definition) is 6. The van der Waals surface area contributed by atoms with Crippen molar-refractivity contribution in [1.82, 2.24) is 5.32 Å². The highest BCUT2D eigenvalue weighted by molar-refractivity contribution is 7.80. The largest absolute Gasteiger partial charge is 0.395 e. The van der Waals surface area contributed by atoms with Crippen LogP contribution in [0.4, 0.5) is 0 Å².